The summed E-state index contributed by atoms with van der Waals surface area (Å²) in [5.74, 6) is 0.145. The molecule has 0 radical (unpaired) electrons. The Bertz CT molecular complexity index is 543. The van der Waals surface area contributed by atoms with E-state index in [4.69, 9.17) is 5.73 Å². The maximum Gasteiger partial charge on any atom is 0.214 e. The highest BCUT2D eigenvalue weighted by atomic mass is 32.2. The highest BCUT2D eigenvalue weighted by molar-refractivity contribution is 7.89. The summed E-state index contributed by atoms with van der Waals surface area (Å²) in [6.07, 6.45) is 2.87. The molecule has 3 unspecified atom stereocenters. The number of hydrogen-bond donors (Lipinski definition) is 1. The normalized spacial score (nSPS) is 23.7. The zero-order chi connectivity index (χ0) is 15.5. The van der Waals surface area contributed by atoms with Crippen LogP contribution in [0.3, 0.4) is 0 Å². The number of nitrogens with two attached hydrogens (primary N) is 1. The topological polar surface area (TPSA) is 63.4 Å². The summed E-state index contributed by atoms with van der Waals surface area (Å²) in [7, 11) is -3.27. The highest BCUT2D eigenvalue weighted by Crippen LogP contribution is 2.26. The standard InChI is InChI=1S/C16H26N2O2S/c1-13(15-8-4-3-5-9-15)12-21(19,20)18-11-7-6-10-16(18)14(2)17/h3-5,8-9,13-14,16H,6-7,10-12,17H2,1-2H3. The summed E-state index contributed by atoms with van der Waals surface area (Å²) in [6.45, 7) is 4.48. The second kappa shape index (κ2) is 6.90. The van der Waals surface area contributed by atoms with Gasteiger partial charge in [0.15, 0.2) is 0 Å². The van der Waals surface area contributed by atoms with Gasteiger partial charge in [-0.1, -0.05) is 43.7 Å². The van der Waals surface area contributed by atoms with Gasteiger partial charge in [0, 0.05) is 18.6 Å². The smallest absolute Gasteiger partial charge is 0.214 e. The van der Waals surface area contributed by atoms with Crippen LogP contribution in [-0.2, 0) is 10.0 Å². The van der Waals surface area contributed by atoms with Gasteiger partial charge in [0.25, 0.3) is 0 Å². The van der Waals surface area contributed by atoms with E-state index in [-0.39, 0.29) is 23.8 Å². The molecule has 2 rings (SSSR count). The predicted octanol–water partition coefficient (Wildman–Crippen LogP) is 2.32. The van der Waals surface area contributed by atoms with E-state index in [1.54, 1.807) is 4.31 Å². The molecule has 1 fully saturated rings. The quantitative estimate of drug-likeness (QED) is 0.908. The summed E-state index contributed by atoms with van der Waals surface area (Å²) in [6, 6.07) is 9.65. The van der Waals surface area contributed by atoms with Crippen LogP contribution in [0.5, 0.6) is 0 Å². The molecule has 4 nitrogen and oxygen atoms in total. The van der Waals surface area contributed by atoms with Gasteiger partial charge >= 0.3 is 0 Å². The van der Waals surface area contributed by atoms with Gasteiger partial charge < -0.3 is 5.73 Å². The molecule has 5 heteroatoms. The molecule has 0 spiro atoms. The number of nitrogens with zero attached hydrogens (tertiary/aromatic N) is 1. The van der Waals surface area contributed by atoms with Crippen LogP contribution in [0, 0.1) is 0 Å². The van der Waals surface area contributed by atoms with Gasteiger partial charge in [-0.25, -0.2) is 8.42 Å². The molecule has 0 aromatic heterocycles. The number of rotatable bonds is 5. The van der Waals surface area contributed by atoms with E-state index in [1.165, 1.54) is 0 Å². The Kier molecular flexibility index (Phi) is 5.41. The van der Waals surface area contributed by atoms with Crippen molar-refractivity contribution >= 4 is 10.0 Å². The molecular formula is C16H26N2O2S. The molecule has 0 saturated carbocycles. The fourth-order valence-electron chi connectivity index (χ4n) is 3.09. The number of hydrogen-bond acceptors (Lipinski definition) is 3. The molecule has 1 aliphatic rings. The third-order valence-electron chi connectivity index (χ3n) is 4.29. The van der Waals surface area contributed by atoms with Crippen molar-refractivity contribution in [1.82, 2.24) is 4.31 Å². The maximum absolute atomic E-state index is 12.8. The molecule has 1 aromatic rings. The molecular weight excluding hydrogens is 284 g/mol. The van der Waals surface area contributed by atoms with Gasteiger partial charge in [0.2, 0.25) is 10.0 Å². The first-order valence-corrected chi connectivity index (χ1v) is 9.33. The van der Waals surface area contributed by atoms with E-state index >= 15 is 0 Å². The molecule has 118 valence electrons. The molecule has 2 N–H and O–H groups in total. The van der Waals surface area contributed by atoms with E-state index in [0.717, 1.165) is 24.8 Å². The number of sulfonamides is 1. The first kappa shape index (κ1) is 16.5. The van der Waals surface area contributed by atoms with Crippen LogP contribution < -0.4 is 5.73 Å². The summed E-state index contributed by atoms with van der Waals surface area (Å²) in [5, 5.41) is 0. The van der Waals surface area contributed by atoms with Crippen molar-refractivity contribution in [1.29, 1.82) is 0 Å². The van der Waals surface area contributed by atoms with Gasteiger partial charge in [-0.2, -0.15) is 4.31 Å². The largest absolute Gasteiger partial charge is 0.326 e. The Labute approximate surface area is 128 Å². The predicted molar refractivity (Wildman–Crippen MR) is 86.6 cm³/mol. The van der Waals surface area contributed by atoms with Gasteiger partial charge in [0.05, 0.1) is 5.75 Å². The van der Waals surface area contributed by atoms with E-state index in [2.05, 4.69) is 0 Å². The van der Waals surface area contributed by atoms with E-state index < -0.39 is 10.0 Å². The third kappa shape index (κ3) is 4.05. The fourth-order valence-corrected chi connectivity index (χ4v) is 5.22. The van der Waals surface area contributed by atoms with Crippen LogP contribution in [0.2, 0.25) is 0 Å². The summed E-state index contributed by atoms with van der Waals surface area (Å²) in [5.41, 5.74) is 7.06. The van der Waals surface area contributed by atoms with Crippen molar-refractivity contribution in [2.75, 3.05) is 12.3 Å². The van der Waals surface area contributed by atoms with Crippen molar-refractivity contribution < 1.29 is 8.42 Å². The molecule has 0 amide bonds. The minimum atomic E-state index is -3.27. The van der Waals surface area contributed by atoms with Crippen molar-refractivity contribution in [3.8, 4) is 0 Å². The van der Waals surface area contributed by atoms with E-state index in [0.29, 0.717) is 6.54 Å². The molecule has 3 atom stereocenters. The second-order valence-corrected chi connectivity index (χ2v) is 8.09. The molecule has 1 saturated heterocycles. The van der Waals surface area contributed by atoms with Crippen LogP contribution in [-0.4, -0.2) is 37.1 Å². The Balaban J connectivity index is 2.13. The van der Waals surface area contributed by atoms with Crippen molar-refractivity contribution in [2.24, 2.45) is 5.73 Å². The van der Waals surface area contributed by atoms with E-state index in [9.17, 15) is 8.42 Å². The average Bonchev–Trinajstić information content (AvgIpc) is 2.47. The van der Waals surface area contributed by atoms with Crippen LogP contribution >= 0.6 is 0 Å². The third-order valence-corrected chi connectivity index (χ3v) is 6.38. The molecule has 1 aliphatic heterocycles. The van der Waals surface area contributed by atoms with Gasteiger partial charge in [-0.15, -0.1) is 0 Å². The van der Waals surface area contributed by atoms with Crippen LogP contribution in [0.1, 0.15) is 44.6 Å². The lowest BCUT2D eigenvalue weighted by atomic mass is 10.00. The second-order valence-electron chi connectivity index (χ2n) is 6.12. The van der Waals surface area contributed by atoms with Crippen molar-refractivity contribution in [3.63, 3.8) is 0 Å². The van der Waals surface area contributed by atoms with Gasteiger partial charge in [-0.05, 0) is 31.2 Å². The molecule has 0 aliphatic carbocycles. The zero-order valence-electron chi connectivity index (χ0n) is 12.9. The fraction of sp³-hybridized carbons (Fsp3) is 0.625. The molecule has 0 bridgehead atoms. The minimum Gasteiger partial charge on any atom is -0.326 e. The van der Waals surface area contributed by atoms with Crippen molar-refractivity contribution in [3.05, 3.63) is 35.9 Å². The van der Waals surface area contributed by atoms with Crippen molar-refractivity contribution in [2.45, 2.75) is 51.1 Å². The molecule has 1 heterocycles. The summed E-state index contributed by atoms with van der Waals surface area (Å²) < 4.78 is 27.2. The maximum atomic E-state index is 12.8. The lowest BCUT2D eigenvalue weighted by molar-refractivity contribution is 0.227. The van der Waals surface area contributed by atoms with Gasteiger partial charge in [-0.3, -0.25) is 0 Å². The minimum absolute atomic E-state index is 0.00754. The Morgan fingerprint density at radius 2 is 1.90 bits per heavy atom. The average molecular weight is 310 g/mol. The lowest BCUT2D eigenvalue weighted by Gasteiger charge is -2.37. The summed E-state index contributed by atoms with van der Waals surface area (Å²) in [4.78, 5) is 0. The Morgan fingerprint density at radius 3 is 2.52 bits per heavy atom. The lowest BCUT2D eigenvalue weighted by Crippen LogP contribution is -2.52. The Hall–Kier alpha value is -0.910. The first-order chi connectivity index (χ1) is 9.92. The van der Waals surface area contributed by atoms with Gasteiger partial charge in [0.1, 0.15) is 0 Å². The number of piperidine rings is 1. The van der Waals surface area contributed by atoms with Crippen LogP contribution in [0.25, 0.3) is 0 Å². The summed E-state index contributed by atoms with van der Waals surface area (Å²) >= 11 is 0. The molecule has 1 aromatic carbocycles. The Morgan fingerprint density at radius 1 is 1.24 bits per heavy atom. The van der Waals surface area contributed by atoms with Crippen LogP contribution in [0.15, 0.2) is 30.3 Å². The zero-order valence-corrected chi connectivity index (χ0v) is 13.7. The number of benzene rings is 1. The van der Waals surface area contributed by atoms with Crippen LogP contribution in [0.4, 0.5) is 0 Å². The SMILES string of the molecule is CC(CS(=O)(=O)N1CCCCC1C(C)N)c1ccccc1. The monoisotopic (exact) mass is 310 g/mol. The van der Waals surface area contributed by atoms with E-state index in [1.807, 2.05) is 44.2 Å². The highest BCUT2D eigenvalue weighted by Gasteiger charge is 2.35. The molecule has 21 heavy (non-hydrogen) atoms. The first-order valence-electron chi connectivity index (χ1n) is 7.72.